The van der Waals surface area contributed by atoms with Gasteiger partial charge in [0.25, 0.3) is 0 Å². The van der Waals surface area contributed by atoms with Gasteiger partial charge in [-0.1, -0.05) is 13.0 Å². The van der Waals surface area contributed by atoms with Crippen LogP contribution in [-0.4, -0.2) is 36.0 Å². The molecule has 3 rings (SSSR count). The first-order valence-corrected chi connectivity index (χ1v) is 11.4. The molecule has 4 N–H and O–H groups in total. The van der Waals surface area contributed by atoms with Gasteiger partial charge in [0.1, 0.15) is 5.69 Å². The van der Waals surface area contributed by atoms with Gasteiger partial charge >= 0.3 is 12.1 Å². The lowest BCUT2D eigenvalue weighted by atomic mass is 9.96. The van der Waals surface area contributed by atoms with Crippen LogP contribution >= 0.6 is 0 Å². The number of carbonyl (C=O) groups excluding carboxylic acids is 1. The number of allylic oxidation sites excluding steroid dienone is 1. The maximum Gasteiger partial charge on any atom is 0.433 e. The Morgan fingerprint density at radius 3 is 2.55 bits per heavy atom. The van der Waals surface area contributed by atoms with Gasteiger partial charge in [0.05, 0.1) is 22.3 Å². The van der Waals surface area contributed by atoms with Crippen molar-refractivity contribution in [3.8, 4) is 0 Å². The first kappa shape index (κ1) is 24.4. The Hall–Kier alpha value is -3.25. The Morgan fingerprint density at radius 2 is 1.94 bits per heavy atom. The van der Waals surface area contributed by atoms with Crippen LogP contribution in [0.4, 0.5) is 18.9 Å². The van der Waals surface area contributed by atoms with E-state index in [0.29, 0.717) is 0 Å². The van der Waals surface area contributed by atoms with Gasteiger partial charge in [-0.15, -0.1) is 0 Å². The highest BCUT2D eigenvalue weighted by molar-refractivity contribution is 7.91. The van der Waals surface area contributed by atoms with Crippen molar-refractivity contribution >= 4 is 27.3 Å². The summed E-state index contributed by atoms with van der Waals surface area (Å²) in [5.74, 6) is -2.05. The van der Waals surface area contributed by atoms with Gasteiger partial charge in [-0.2, -0.15) is 13.2 Å². The summed E-state index contributed by atoms with van der Waals surface area (Å²) < 4.78 is 64.2. The highest BCUT2D eigenvalue weighted by Crippen LogP contribution is 2.36. The molecule has 1 unspecified atom stereocenters. The summed E-state index contributed by atoms with van der Waals surface area (Å²) >= 11 is 0. The molecule has 1 aromatic heterocycles. The van der Waals surface area contributed by atoms with Crippen LogP contribution in [0.5, 0.6) is 0 Å². The Labute approximate surface area is 187 Å². The van der Waals surface area contributed by atoms with Crippen LogP contribution in [0.1, 0.15) is 47.4 Å². The minimum atomic E-state index is -4.66. The average molecular weight is 483 g/mol. The number of pyridine rings is 1. The smallest absolute Gasteiger partial charge is 0.433 e. The lowest BCUT2D eigenvalue weighted by molar-refractivity contribution is -0.141. The number of ketones is 1. The standard InChI is InChI=1S/C21H20F3N3O5S/c1-2-33(31,32)16-9-11(20(29)30)3-4-13(16)19(25)18-14(5-6-15(18)28)27-12-7-8-26-17(10-12)21(22,23)24/h3-4,7-10,19H,2,5-6,25H2,1H3,(H,26,27)(H,29,30). The van der Waals surface area contributed by atoms with Crippen LogP contribution in [0.15, 0.2) is 52.7 Å². The number of hydrogen-bond acceptors (Lipinski definition) is 7. The average Bonchev–Trinajstić information content (AvgIpc) is 3.12. The van der Waals surface area contributed by atoms with Crippen LogP contribution < -0.4 is 11.1 Å². The van der Waals surface area contributed by atoms with E-state index in [1.54, 1.807) is 0 Å². The molecule has 0 saturated heterocycles. The highest BCUT2D eigenvalue weighted by Gasteiger charge is 2.34. The first-order valence-electron chi connectivity index (χ1n) is 9.77. The quantitative estimate of drug-likeness (QED) is 0.545. The number of sulfone groups is 1. The van der Waals surface area contributed by atoms with Crippen molar-refractivity contribution < 1.29 is 36.3 Å². The SMILES string of the molecule is CCS(=O)(=O)c1cc(C(=O)O)ccc1C(N)C1=C(Nc2ccnc(C(F)(F)F)c2)CCC1=O. The predicted octanol–water partition coefficient (Wildman–Crippen LogP) is 3.32. The van der Waals surface area contributed by atoms with Crippen LogP contribution in [-0.2, 0) is 20.8 Å². The van der Waals surface area contributed by atoms with Gasteiger partial charge in [0.2, 0.25) is 0 Å². The van der Waals surface area contributed by atoms with E-state index in [1.807, 2.05) is 0 Å². The molecule has 33 heavy (non-hydrogen) atoms. The molecule has 1 aliphatic carbocycles. The van der Waals surface area contributed by atoms with Crippen molar-refractivity contribution in [2.75, 3.05) is 11.1 Å². The summed E-state index contributed by atoms with van der Waals surface area (Å²) in [6.07, 6.45) is -3.50. The monoisotopic (exact) mass is 483 g/mol. The number of halogens is 3. The number of alkyl halides is 3. The molecule has 0 aliphatic heterocycles. The molecule has 1 aromatic carbocycles. The van der Waals surface area contributed by atoms with E-state index in [4.69, 9.17) is 5.73 Å². The normalized spacial score (nSPS) is 15.6. The molecule has 2 aromatic rings. The number of nitrogens with two attached hydrogens (primary N) is 1. The number of nitrogens with zero attached hydrogens (tertiary/aromatic N) is 1. The number of aromatic nitrogens is 1. The van der Waals surface area contributed by atoms with Gasteiger partial charge in [0.15, 0.2) is 15.6 Å². The van der Waals surface area contributed by atoms with Gasteiger partial charge in [-0.05, 0) is 36.2 Å². The van der Waals surface area contributed by atoms with Crippen molar-refractivity contribution in [3.05, 3.63) is 64.6 Å². The molecule has 1 aliphatic rings. The van der Waals surface area contributed by atoms with E-state index in [1.165, 1.54) is 25.1 Å². The lowest BCUT2D eigenvalue weighted by Crippen LogP contribution is -2.22. The Kier molecular flexibility index (Phi) is 6.61. The lowest BCUT2D eigenvalue weighted by Gasteiger charge is -2.20. The van der Waals surface area contributed by atoms with Crippen LogP contribution in [0.2, 0.25) is 0 Å². The van der Waals surface area contributed by atoms with Crippen LogP contribution in [0.3, 0.4) is 0 Å². The predicted molar refractivity (Wildman–Crippen MR) is 112 cm³/mol. The van der Waals surface area contributed by atoms with Gasteiger partial charge in [0, 0.05) is 29.6 Å². The Balaban J connectivity index is 2.08. The number of carbonyl (C=O) groups is 2. The van der Waals surface area contributed by atoms with E-state index < -0.39 is 39.5 Å². The number of nitrogens with one attached hydrogen (secondary N) is 1. The number of carboxylic acids is 1. The fourth-order valence-electron chi connectivity index (χ4n) is 3.51. The van der Waals surface area contributed by atoms with E-state index >= 15 is 0 Å². The van der Waals surface area contributed by atoms with Gasteiger partial charge in [-0.3, -0.25) is 9.78 Å². The van der Waals surface area contributed by atoms with Gasteiger partial charge < -0.3 is 16.2 Å². The second kappa shape index (κ2) is 8.94. The molecule has 176 valence electrons. The zero-order valence-corrected chi connectivity index (χ0v) is 18.1. The third-order valence-electron chi connectivity index (χ3n) is 5.19. The summed E-state index contributed by atoms with van der Waals surface area (Å²) in [5, 5.41) is 12.0. The zero-order valence-electron chi connectivity index (χ0n) is 17.3. The fourth-order valence-corrected chi connectivity index (χ4v) is 4.68. The molecule has 8 nitrogen and oxygen atoms in total. The number of Topliss-reactive ketones (excluding diaryl/α,β-unsaturated/α-hetero) is 1. The molecule has 1 atom stereocenters. The first-order chi connectivity index (χ1) is 15.3. The van der Waals surface area contributed by atoms with Crippen LogP contribution in [0.25, 0.3) is 0 Å². The van der Waals surface area contributed by atoms with Crippen molar-refractivity contribution in [3.63, 3.8) is 0 Å². The molecular weight excluding hydrogens is 463 g/mol. The second-order valence-corrected chi connectivity index (χ2v) is 9.55. The largest absolute Gasteiger partial charge is 0.478 e. The molecule has 0 fully saturated rings. The van der Waals surface area contributed by atoms with E-state index in [2.05, 4.69) is 10.3 Å². The number of aromatic carboxylic acids is 1. The summed E-state index contributed by atoms with van der Waals surface area (Å²) in [5.41, 5.74) is 5.25. The molecule has 0 amide bonds. The molecule has 12 heteroatoms. The summed E-state index contributed by atoms with van der Waals surface area (Å²) in [6, 6.07) is 4.24. The second-order valence-electron chi connectivity index (χ2n) is 7.31. The summed E-state index contributed by atoms with van der Waals surface area (Å²) in [4.78, 5) is 26.9. The Bertz CT molecular complexity index is 1260. The topological polar surface area (TPSA) is 139 Å². The molecule has 0 bridgehead atoms. The number of hydrogen-bond donors (Lipinski definition) is 3. The maximum absolute atomic E-state index is 13.0. The van der Waals surface area contributed by atoms with Crippen molar-refractivity contribution in [2.24, 2.45) is 5.73 Å². The molecule has 0 saturated carbocycles. The number of anilines is 1. The maximum atomic E-state index is 13.0. The van der Waals surface area contributed by atoms with E-state index in [-0.39, 0.29) is 51.6 Å². The third-order valence-corrected chi connectivity index (χ3v) is 6.98. The Morgan fingerprint density at radius 1 is 1.24 bits per heavy atom. The zero-order chi connectivity index (χ0) is 24.6. The molecule has 0 radical (unpaired) electrons. The minimum absolute atomic E-state index is 0.0241. The van der Waals surface area contributed by atoms with Crippen LogP contribution in [0, 0.1) is 0 Å². The van der Waals surface area contributed by atoms with Gasteiger partial charge in [-0.25, -0.2) is 13.2 Å². The molecule has 1 heterocycles. The summed E-state index contributed by atoms with van der Waals surface area (Å²) in [7, 11) is -3.91. The summed E-state index contributed by atoms with van der Waals surface area (Å²) in [6.45, 7) is 1.38. The van der Waals surface area contributed by atoms with E-state index in [9.17, 15) is 36.3 Å². The van der Waals surface area contributed by atoms with Crippen molar-refractivity contribution in [1.82, 2.24) is 4.98 Å². The van der Waals surface area contributed by atoms with Crippen molar-refractivity contribution in [1.29, 1.82) is 0 Å². The number of rotatable bonds is 7. The minimum Gasteiger partial charge on any atom is -0.478 e. The molecular formula is C21H20F3N3O5S. The fraction of sp³-hybridized carbons (Fsp3) is 0.286. The molecule has 0 spiro atoms. The highest BCUT2D eigenvalue weighted by atomic mass is 32.2. The third kappa shape index (κ3) is 5.06. The number of benzene rings is 1. The van der Waals surface area contributed by atoms with Crippen molar-refractivity contribution in [2.45, 2.75) is 36.9 Å². The van der Waals surface area contributed by atoms with E-state index in [0.717, 1.165) is 18.3 Å². The number of carboxylic acid groups (broad SMARTS) is 1.